The Morgan fingerprint density at radius 2 is 2.03 bits per heavy atom. The number of hydrogen-bond donors (Lipinski definition) is 2. The molecule has 2 N–H and O–H groups in total. The SMILES string of the molecule is Cn1cc(-c2ccc3cnc(NC(=O)c4ccnc(OC5CCNCC5)c4)cc3n2)cn1. The molecule has 0 bridgehead atoms. The van der Waals surface area contributed by atoms with Crippen molar-refractivity contribution in [3.8, 4) is 17.1 Å². The van der Waals surface area contributed by atoms with E-state index in [9.17, 15) is 4.79 Å². The molecule has 5 heterocycles. The van der Waals surface area contributed by atoms with Crippen LogP contribution >= 0.6 is 0 Å². The lowest BCUT2D eigenvalue weighted by molar-refractivity contribution is 0.102. The standard InChI is InChI=1S/C23H23N7O2/c1-30-14-17(13-27-30)19-3-2-16-12-26-21(11-20(16)28-19)29-23(31)15-4-9-25-22(10-15)32-18-5-7-24-8-6-18/h2-4,9-14,18,24H,5-8H2,1H3,(H,26,29,31). The van der Waals surface area contributed by atoms with Gasteiger partial charge in [0.2, 0.25) is 5.88 Å². The molecule has 0 atom stereocenters. The fourth-order valence-electron chi connectivity index (χ4n) is 3.69. The molecular weight excluding hydrogens is 406 g/mol. The molecule has 0 spiro atoms. The molecule has 0 radical (unpaired) electrons. The van der Waals surface area contributed by atoms with Crippen LogP contribution in [0.2, 0.25) is 0 Å². The molecule has 9 nitrogen and oxygen atoms in total. The van der Waals surface area contributed by atoms with E-state index in [0.717, 1.165) is 48.1 Å². The van der Waals surface area contributed by atoms with Gasteiger partial charge in [0.25, 0.3) is 5.91 Å². The van der Waals surface area contributed by atoms with Crippen molar-refractivity contribution in [2.45, 2.75) is 18.9 Å². The first-order chi connectivity index (χ1) is 15.6. The van der Waals surface area contributed by atoms with E-state index >= 15 is 0 Å². The highest BCUT2D eigenvalue weighted by atomic mass is 16.5. The minimum absolute atomic E-state index is 0.115. The van der Waals surface area contributed by atoms with Crippen molar-refractivity contribution in [1.29, 1.82) is 0 Å². The number of piperidine rings is 1. The van der Waals surface area contributed by atoms with Crippen LogP contribution in [0.25, 0.3) is 22.2 Å². The summed E-state index contributed by atoms with van der Waals surface area (Å²) in [5.41, 5.74) is 2.93. The maximum absolute atomic E-state index is 12.8. The Morgan fingerprint density at radius 3 is 2.84 bits per heavy atom. The highest BCUT2D eigenvalue weighted by Gasteiger charge is 2.16. The maximum Gasteiger partial charge on any atom is 0.257 e. The van der Waals surface area contributed by atoms with Crippen LogP contribution in [0.15, 0.2) is 55.1 Å². The van der Waals surface area contributed by atoms with Gasteiger partial charge in [-0.15, -0.1) is 0 Å². The Kier molecular flexibility index (Phi) is 5.47. The lowest BCUT2D eigenvalue weighted by atomic mass is 10.1. The summed E-state index contributed by atoms with van der Waals surface area (Å²) in [7, 11) is 1.87. The molecule has 1 fully saturated rings. The van der Waals surface area contributed by atoms with Gasteiger partial charge in [-0.2, -0.15) is 5.10 Å². The molecule has 9 heteroatoms. The van der Waals surface area contributed by atoms with Crippen LogP contribution in [-0.4, -0.2) is 49.8 Å². The predicted octanol–water partition coefficient (Wildman–Crippen LogP) is 2.81. The first-order valence-electron chi connectivity index (χ1n) is 10.5. The smallest absolute Gasteiger partial charge is 0.257 e. The van der Waals surface area contributed by atoms with Crippen LogP contribution in [0.5, 0.6) is 5.88 Å². The first-order valence-corrected chi connectivity index (χ1v) is 10.5. The minimum Gasteiger partial charge on any atom is -0.474 e. The second-order valence-electron chi connectivity index (χ2n) is 7.77. The summed E-state index contributed by atoms with van der Waals surface area (Å²) in [6, 6.07) is 8.97. The first kappa shape index (κ1) is 20.1. The summed E-state index contributed by atoms with van der Waals surface area (Å²) in [6.45, 7) is 1.85. The number of pyridine rings is 3. The van der Waals surface area contributed by atoms with Crippen LogP contribution in [-0.2, 0) is 7.05 Å². The van der Waals surface area contributed by atoms with E-state index in [1.807, 2.05) is 25.4 Å². The Bertz CT molecular complexity index is 1260. The van der Waals surface area contributed by atoms with Gasteiger partial charge in [0.1, 0.15) is 11.9 Å². The topological polar surface area (TPSA) is 107 Å². The van der Waals surface area contributed by atoms with Crippen LogP contribution in [0.3, 0.4) is 0 Å². The molecular formula is C23H23N7O2. The number of hydrogen-bond acceptors (Lipinski definition) is 7. The van der Waals surface area contributed by atoms with E-state index in [1.54, 1.807) is 41.5 Å². The van der Waals surface area contributed by atoms with Crippen molar-refractivity contribution in [1.82, 2.24) is 30.0 Å². The number of carbonyl (C=O) groups is 1. The quantitative estimate of drug-likeness (QED) is 0.502. The largest absolute Gasteiger partial charge is 0.474 e. The molecule has 5 rings (SSSR count). The molecule has 162 valence electrons. The van der Waals surface area contributed by atoms with Crippen LogP contribution < -0.4 is 15.4 Å². The second-order valence-corrected chi connectivity index (χ2v) is 7.77. The summed E-state index contributed by atoms with van der Waals surface area (Å²) in [5, 5.41) is 11.2. The van der Waals surface area contributed by atoms with Crippen molar-refractivity contribution in [3.05, 3.63) is 60.7 Å². The predicted molar refractivity (Wildman–Crippen MR) is 120 cm³/mol. The zero-order valence-electron chi connectivity index (χ0n) is 17.7. The number of aromatic nitrogens is 5. The Balaban J connectivity index is 1.33. The lowest BCUT2D eigenvalue weighted by Gasteiger charge is -2.23. The number of carbonyl (C=O) groups excluding carboxylic acids is 1. The Labute approximate surface area is 184 Å². The number of aryl methyl sites for hydroxylation is 1. The van der Waals surface area contributed by atoms with Gasteiger partial charge in [0, 0.05) is 54.3 Å². The van der Waals surface area contributed by atoms with Crippen molar-refractivity contribution in [2.75, 3.05) is 18.4 Å². The fraction of sp³-hybridized carbons (Fsp3) is 0.261. The van der Waals surface area contributed by atoms with Gasteiger partial charge in [-0.1, -0.05) is 0 Å². The van der Waals surface area contributed by atoms with Crippen molar-refractivity contribution >= 4 is 22.6 Å². The molecule has 1 amide bonds. The molecule has 1 saturated heterocycles. The van der Waals surface area contributed by atoms with Gasteiger partial charge in [-0.25, -0.2) is 15.0 Å². The highest BCUT2D eigenvalue weighted by molar-refractivity contribution is 6.04. The number of anilines is 1. The van der Waals surface area contributed by atoms with Gasteiger partial charge >= 0.3 is 0 Å². The van der Waals surface area contributed by atoms with Gasteiger partial charge in [0.05, 0.1) is 17.4 Å². The lowest BCUT2D eigenvalue weighted by Crippen LogP contribution is -2.34. The van der Waals surface area contributed by atoms with E-state index in [1.165, 1.54) is 0 Å². The molecule has 0 aromatic carbocycles. The van der Waals surface area contributed by atoms with E-state index in [4.69, 9.17) is 9.72 Å². The summed E-state index contributed by atoms with van der Waals surface area (Å²) in [6.07, 6.45) is 8.92. The zero-order valence-corrected chi connectivity index (χ0v) is 17.7. The fourth-order valence-corrected chi connectivity index (χ4v) is 3.69. The van der Waals surface area contributed by atoms with E-state index < -0.39 is 0 Å². The third-order valence-electron chi connectivity index (χ3n) is 5.39. The minimum atomic E-state index is -0.280. The van der Waals surface area contributed by atoms with E-state index in [2.05, 4.69) is 25.7 Å². The van der Waals surface area contributed by atoms with Crippen LogP contribution in [0.1, 0.15) is 23.2 Å². The molecule has 32 heavy (non-hydrogen) atoms. The summed E-state index contributed by atoms with van der Waals surface area (Å²) in [4.78, 5) is 26.1. The van der Waals surface area contributed by atoms with Crippen molar-refractivity contribution < 1.29 is 9.53 Å². The van der Waals surface area contributed by atoms with Crippen molar-refractivity contribution in [2.24, 2.45) is 7.05 Å². The zero-order chi connectivity index (χ0) is 21.9. The molecule has 0 unspecified atom stereocenters. The van der Waals surface area contributed by atoms with Crippen LogP contribution in [0.4, 0.5) is 5.82 Å². The van der Waals surface area contributed by atoms with Gasteiger partial charge in [0.15, 0.2) is 0 Å². The van der Waals surface area contributed by atoms with Gasteiger partial charge in [-0.05, 0) is 44.1 Å². The molecule has 4 aromatic heterocycles. The van der Waals surface area contributed by atoms with E-state index in [-0.39, 0.29) is 12.0 Å². The monoisotopic (exact) mass is 429 g/mol. The second kappa shape index (κ2) is 8.72. The van der Waals surface area contributed by atoms with Crippen molar-refractivity contribution in [3.63, 3.8) is 0 Å². The summed E-state index contributed by atoms with van der Waals surface area (Å²) >= 11 is 0. The van der Waals surface area contributed by atoms with Gasteiger partial charge < -0.3 is 15.4 Å². The Hall–Kier alpha value is -3.85. The van der Waals surface area contributed by atoms with Gasteiger partial charge in [-0.3, -0.25) is 9.48 Å². The average Bonchev–Trinajstić information content (AvgIpc) is 3.26. The number of fused-ring (bicyclic) bond motifs is 1. The number of amides is 1. The Morgan fingerprint density at radius 1 is 1.16 bits per heavy atom. The maximum atomic E-state index is 12.8. The third-order valence-corrected chi connectivity index (χ3v) is 5.39. The molecule has 1 aliphatic heterocycles. The number of rotatable bonds is 5. The summed E-state index contributed by atoms with van der Waals surface area (Å²) in [5.74, 6) is 0.604. The molecule has 0 aliphatic carbocycles. The average molecular weight is 429 g/mol. The molecule has 4 aromatic rings. The normalized spacial score (nSPS) is 14.4. The molecule has 0 saturated carbocycles. The van der Waals surface area contributed by atoms with E-state index in [0.29, 0.717) is 17.3 Å². The number of nitrogens with one attached hydrogen (secondary N) is 2. The molecule has 1 aliphatic rings. The highest BCUT2D eigenvalue weighted by Crippen LogP contribution is 2.22. The number of ether oxygens (including phenoxy) is 1. The third kappa shape index (κ3) is 4.42. The number of nitrogens with zero attached hydrogens (tertiary/aromatic N) is 5. The van der Waals surface area contributed by atoms with Crippen LogP contribution in [0, 0.1) is 0 Å². The summed E-state index contributed by atoms with van der Waals surface area (Å²) < 4.78 is 7.68.